The molecule has 1 aromatic heterocycles. The first kappa shape index (κ1) is 21.8. The Morgan fingerprint density at radius 3 is 2.45 bits per heavy atom. The molecule has 2 aliphatic heterocycles. The van der Waals surface area contributed by atoms with Crippen molar-refractivity contribution in [3.8, 4) is 11.1 Å². The number of ether oxygens (including phenoxy) is 2. The van der Waals surface area contributed by atoms with Gasteiger partial charge in [0.05, 0.1) is 35.5 Å². The number of nitrogens with two attached hydrogens (primary N) is 1. The van der Waals surface area contributed by atoms with Crippen molar-refractivity contribution >= 4 is 21.3 Å². The maximum Gasteiger partial charge on any atom is 0.417 e. The van der Waals surface area contributed by atoms with Crippen LogP contribution in [0.1, 0.15) is 12.0 Å². The first-order chi connectivity index (χ1) is 14.7. The van der Waals surface area contributed by atoms with Crippen molar-refractivity contribution in [3.63, 3.8) is 0 Å². The molecule has 2 aromatic rings. The molecule has 0 bridgehead atoms. The second kappa shape index (κ2) is 8.29. The van der Waals surface area contributed by atoms with Gasteiger partial charge >= 0.3 is 6.18 Å². The molecular formula is C20H22F3N3O4S. The van der Waals surface area contributed by atoms with Crippen LogP contribution in [0.25, 0.3) is 11.1 Å². The number of alkyl halides is 3. The highest BCUT2D eigenvalue weighted by Crippen LogP contribution is 2.40. The minimum atomic E-state index is -4.68. The number of rotatable bonds is 4. The van der Waals surface area contributed by atoms with Gasteiger partial charge in [0.1, 0.15) is 5.82 Å². The quantitative estimate of drug-likeness (QED) is 0.754. The monoisotopic (exact) mass is 457 g/mol. The number of hydrogen-bond acceptors (Lipinski definition) is 7. The van der Waals surface area contributed by atoms with Gasteiger partial charge in [-0.3, -0.25) is 0 Å². The third kappa shape index (κ3) is 4.48. The molecule has 2 N–H and O–H groups in total. The second-order valence-electron chi connectivity index (χ2n) is 7.50. The molecule has 2 fully saturated rings. The van der Waals surface area contributed by atoms with E-state index in [0.29, 0.717) is 45.0 Å². The van der Waals surface area contributed by atoms with Gasteiger partial charge in [0.25, 0.3) is 0 Å². The maximum absolute atomic E-state index is 13.7. The third-order valence-electron chi connectivity index (χ3n) is 5.46. The Morgan fingerprint density at radius 2 is 1.81 bits per heavy atom. The van der Waals surface area contributed by atoms with E-state index in [1.54, 1.807) is 6.07 Å². The molecule has 0 saturated carbocycles. The van der Waals surface area contributed by atoms with E-state index in [-0.39, 0.29) is 28.4 Å². The van der Waals surface area contributed by atoms with Crippen molar-refractivity contribution in [3.05, 3.63) is 36.0 Å². The number of aromatic nitrogens is 1. The Balaban J connectivity index is 1.89. The normalized spacial score (nSPS) is 20.2. The second-order valence-corrected chi connectivity index (χ2v) is 9.73. The first-order valence-electron chi connectivity index (χ1n) is 9.79. The molecule has 0 aliphatic carbocycles. The number of nitrogens with zero attached hydrogens (tertiary/aromatic N) is 2. The zero-order chi connectivity index (χ0) is 22.2. The van der Waals surface area contributed by atoms with Crippen molar-refractivity contribution < 1.29 is 31.1 Å². The molecule has 11 heteroatoms. The van der Waals surface area contributed by atoms with Crippen molar-refractivity contribution in [2.45, 2.75) is 22.7 Å². The van der Waals surface area contributed by atoms with E-state index in [4.69, 9.17) is 15.2 Å². The van der Waals surface area contributed by atoms with Crippen LogP contribution in [0.4, 0.5) is 24.7 Å². The van der Waals surface area contributed by atoms with Crippen LogP contribution in [-0.2, 0) is 25.5 Å². The summed E-state index contributed by atoms with van der Waals surface area (Å²) >= 11 is 0. The molecule has 3 heterocycles. The number of morpholine rings is 1. The zero-order valence-corrected chi connectivity index (χ0v) is 17.4. The van der Waals surface area contributed by atoms with Gasteiger partial charge in [0.2, 0.25) is 0 Å². The molecule has 0 unspecified atom stereocenters. The van der Waals surface area contributed by atoms with E-state index in [9.17, 15) is 21.6 Å². The average Bonchev–Trinajstić information content (AvgIpc) is 3.29. The van der Waals surface area contributed by atoms with Crippen LogP contribution >= 0.6 is 0 Å². The van der Waals surface area contributed by atoms with Gasteiger partial charge in [-0.05, 0) is 36.2 Å². The number of benzene rings is 1. The first-order valence-corrected chi connectivity index (χ1v) is 11.3. The van der Waals surface area contributed by atoms with Crippen LogP contribution in [-0.4, -0.2) is 58.2 Å². The molecule has 4 rings (SSSR count). The molecule has 168 valence electrons. The van der Waals surface area contributed by atoms with Gasteiger partial charge in [0.15, 0.2) is 9.84 Å². The van der Waals surface area contributed by atoms with Gasteiger partial charge in [-0.1, -0.05) is 0 Å². The molecule has 7 nitrogen and oxygen atoms in total. The highest BCUT2D eigenvalue weighted by molar-refractivity contribution is 7.92. The molecule has 0 amide bonds. The summed E-state index contributed by atoms with van der Waals surface area (Å²) in [7, 11) is -3.80. The van der Waals surface area contributed by atoms with Gasteiger partial charge in [-0.25, -0.2) is 13.4 Å². The van der Waals surface area contributed by atoms with Crippen molar-refractivity contribution in [2.75, 3.05) is 50.2 Å². The minimum Gasteiger partial charge on any atom is -0.384 e. The molecular weight excluding hydrogens is 435 g/mol. The molecule has 1 aromatic carbocycles. The van der Waals surface area contributed by atoms with Crippen molar-refractivity contribution in [2.24, 2.45) is 0 Å². The standard InChI is InChI=1S/C20H22F3N3O4S/c21-20(22,23)18-10-19(24)25-11-17(18)13-7-14(26-2-5-29-6-3-26)9-16(8-13)31(27,28)15-1-4-30-12-15/h7-11,15H,1-6,12H2,(H2,24,25)/t15-/m1/s1. The maximum atomic E-state index is 13.7. The van der Waals surface area contributed by atoms with E-state index < -0.39 is 26.8 Å². The number of anilines is 2. The number of sulfone groups is 1. The van der Waals surface area contributed by atoms with Gasteiger partial charge in [-0.15, -0.1) is 0 Å². The van der Waals surface area contributed by atoms with Crippen LogP contribution in [0.3, 0.4) is 0 Å². The topological polar surface area (TPSA) is 94.8 Å². The van der Waals surface area contributed by atoms with Crippen LogP contribution in [0, 0.1) is 0 Å². The van der Waals surface area contributed by atoms with E-state index >= 15 is 0 Å². The summed E-state index contributed by atoms with van der Waals surface area (Å²) in [6.07, 6.45) is -3.30. The lowest BCUT2D eigenvalue weighted by Crippen LogP contribution is -2.36. The fraction of sp³-hybridized carbons (Fsp3) is 0.450. The van der Waals surface area contributed by atoms with Crippen LogP contribution in [0.2, 0.25) is 0 Å². The number of halogens is 3. The van der Waals surface area contributed by atoms with E-state index in [2.05, 4.69) is 4.98 Å². The predicted molar refractivity (Wildman–Crippen MR) is 109 cm³/mol. The van der Waals surface area contributed by atoms with Crippen molar-refractivity contribution in [1.82, 2.24) is 4.98 Å². The summed E-state index contributed by atoms with van der Waals surface area (Å²) < 4.78 is 78.1. The number of hydrogen-bond donors (Lipinski definition) is 1. The van der Waals surface area contributed by atoms with Gasteiger partial charge in [-0.2, -0.15) is 13.2 Å². The summed E-state index contributed by atoms with van der Waals surface area (Å²) in [5.41, 5.74) is 4.93. The summed E-state index contributed by atoms with van der Waals surface area (Å²) in [6.45, 7) is 2.29. The molecule has 1 atom stereocenters. The highest BCUT2D eigenvalue weighted by Gasteiger charge is 2.36. The lowest BCUT2D eigenvalue weighted by molar-refractivity contribution is -0.137. The smallest absolute Gasteiger partial charge is 0.384 e. The third-order valence-corrected chi connectivity index (χ3v) is 7.61. The fourth-order valence-electron chi connectivity index (χ4n) is 3.79. The minimum absolute atomic E-state index is 0.0352. The zero-order valence-electron chi connectivity index (χ0n) is 16.6. The van der Waals surface area contributed by atoms with Gasteiger partial charge < -0.3 is 20.1 Å². The predicted octanol–water partition coefficient (Wildman–Crippen LogP) is 2.75. The van der Waals surface area contributed by atoms with Crippen LogP contribution in [0.5, 0.6) is 0 Å². The van der Waals surface area contributed by atoms with E-state index in [1.807, 2.05) is 4.90 Å². The highest BCUT2D eigenvalue weighted by atomic mass is 32.2. The lowest BCUT2D eigenvalue weighted by atomic mass is 10.0. The molecule has 0 spiro atoms. The molecule has 2 aliphatic rings. The fourth-order valence-corrected chi connectivity index (χ4v) is 5.44. The Kier molecular flexibility index (Phi) is 5.84. The Morgan fingerprint density at radius 1 is 1.06 bits per heavy atom. The van der Waals surface area contributed by atoms with E-state index in [1.165, 1.54) is 12.1 Å². The summed E-state index contributed by atoms with van der Waals surface area (Å²) in [5, 5.41) is -0.730. The Labute approximate surface area is 177 Å². The largest absolute Gasteiger partial charge is 0.417 e. The summed E-state index contributed by atoms with van der Waals surface area (Å²) in [6, 6.07) is 5.11. The van der Waals surface area contributed by atoms with Crippen LogP contribution < -0.4 is 10.6 Å². The molecule has 31 heavy (non-hydrogen) atoms. The lowest BCUT2D eigenvalue weighted by Gasteiger charge is -2.30. The molecule has 0 radical (unpaired) electrons. The SMILES string of the molecule is Nc1cc(C(F)(F)F)c(-c2cc(N3CCOCC3)cc(S(=O)(=O)[C@@H]3CCOC3)c2)cn1. The van der Waals surface area contributed by atoms with Gasteiger partial charge in [0, 0.05) is 37.1 Å². The number of nitrogen functional groups attached to an aromatic ring is 1. The Hall–Kier alpha value is -2.37. The Bertz CT molecular complexity index is 1060. The average molecular weight is 457 g/mol. The molecule has 2 saturated heterocycles. The van der Waals surface area contributed by atoms with E-state index in [0.717, 1.165) is 12.3 Å². The van der Waals surface area contributed by atoms with Crippen molar-refractivity contribution in [1.29, 1.82) is 0 Å². The van der Waals surface area contributed by atoms with Crippen LogP contribution in [0.15, 0.2) is 35.4 Å². The summed E-state index contributed by atoms with van der Waals surface area (Å²) in [4.78, 5) is 5.68. The number of pyridine rings is 1. The summed E-state index contributed by atoms with van der Waals surface area (Å²) in [5.74, 6) is -0.267.